The van der Waals surface area contributed by atoms with Crippen LogP contribution in [0.15, 0.2) is 28.9 Å². The van der Waals surface area contributed by atoms with Gasteiger partial charge in [0.1, 0.15) is 11.9 Å². The molecule has 0 saturated carbocycles. The summed E-state index contributed by atoms with van der Waals surface area (Å²) in [6.07, 6.45) is 0.510. The number of aliphatic hydroxyl groups excluding tert-OH is 1. The van der Waals surface area contributed by atoms with Gasteiger partial charge in [-0.15, -0.1) is 0 Å². The smallest absolute Gasteiger partial charge is 0.149 e. The van der Waals surface area contributed by atoms with E-state index in [0.717, 1.165) is 11.1 Å². The van der Waals surface area contributed by atoms with Crippen LogP contribution in [0.25, 0.3) is 0 Å². The molecule has 19 heavy (non-hydrogen) atoms. The quantitative estimate of drug-likeness (QED) is 0.822. The molecule has 5 heteroatoms. The number of hydrogen-bond donors (Lipinski definition) is 1. The molecule has 0 aliphatic heterocycles. The molecule has 1 N–H and O–H groups in total. The van der Waals surface area contributed by atoms with Crippen molar-refractivity contribution >= 4 is 27.5 Å². The van der Waals surface area contributed by atoms with Gasteiger partial charge in [0, 0.05) is 16.2 Å². The minimum absolute atomic E-state index is 0.0404. The number of halogens is 3. The molecule has 100 valence electrons. The largest absolute Gasteiger partial charge is 0.382 e. The lowest BCUT2D eigenvalue weighted by Gasteiger charge is -2.15. The fraction of sp³-hybridized carbons (Fsp3) is 0.214. The summed E-state index contributed by atoms with van der Waals surface area (Å²) in [5.74, 6) is -0.634. The zero-order valence-electron chi connectivity index (χ0n) is 10.4. The number of aryl methyl sites for hydroxylation is 2. The van der Waals surface area contributed by atoms with Crippen molar-refractivity contribution in [2.24, 2.45) is 0 Å². The van der Waals surface area contributed by atoms with Crippen LogP contribution in [0, 0.1) is 19.7 Å². The Morgan fingerprint density at radius 1 is 1.37 bits per heavy atom. The van der Waals surface area contributed by atoms with Gasteiger partial charge >= 0.3 is 0 Å². The molecule has 1 aromatic carbocycles. The van der Waals surface area contributed by atoms with E-state index in [-0.39, 0.29) is 10.6 Å². The maximum Gasteiger partial charge on any atom is 0.149 e. The first kappa shape index (κ1) is 14.4. The average Bonchev–Trinajstić information content (AvgIpc) is 2.35. The van der Waals surface area contributed by atoms with Crippen molar-refractivity contribution in [1.82, 2.24) is 4.98 Å². The van der Waals surface area contributed by atoms with E-state index in [1.807, 2.05) is 19.9 Å². The lowest BCUT2D eigenvalue weighted by atomic mass is 10.0. The molecule has 0 aliphatic carbocycles. The number of aliphatic hydroxyl groups is 1. The first-order valence-corrected chi connectivity index (χ1v) is 6.83. The topological polar surface area (TPSA) is 33.1 Å². The molecule has 1 aromatic heterocycles. The number of nitrogens with zero attached hydrogens (tertiary/aromatic N) is 1. The van der Waals surface area contributed by atoms with Crippen molar-refractivity contribution in [2.75, 3.05) is 0 Å². The van der Waals surface area contributed by atoms with Gasteiger partial charge in [-0.05, 0) is 47.0 Å². The van der Waals surface area contributed by atoms with E-state index in [1.165, 1.54) is 6.07 Å². The van der Waals surface area contributed by atoms with Gasteiger partial charge in [-0.1, -0.05) is 23.7 Å². The molecule has 0 aliphatic rings. The molecular formula is C14H12BrClFNO. The molecule has 1 heterocycles. The molecule has 1 atom stereocenters. The standard InChI is InChI=1S/C14H12BrClFNO/c1-7-5-8(2)13(18-6-7)14(19)9-3-4-10(15)11(16)12(9)17/h3-6,14,19H,1-2H3. The third kappa shape index (κ3) is 2.81. The van der Waals surface area contributed by atoms with Gasteiger partial charge < -0.3 is 5.11 Å². The van der Waals surface area contributed by atoms with Gasteiger partial charge in [0.25, 0.3) is 0 Å². The van der Waals surface area contributed by atoms with Crippen LogP contribution < -0.4 is 0 Å². The van der Waals surface area contributed by atoms with Gasteiger partial charge in [0.2, 0.25) is 0 Å². The van der Waals surface area contributed by atoms with Crippen LogP contribution in [0.4, 0.5) is 4.39 Å². The van der Waals surface area contributed by atoms with Crippen LogP contribution >= 0.6 is 27.5 Å². The summed E-state index contributed by atoms with van der Waals surface area (Å²) in [5.41, 5.74) is 2.35. The number of pyridine rings is 1. The second-order valence-electron chi connectivity index (χ2n) is 4.38. The Balaban J connectivity index is 2.50. The summed E-state index contributed by atoms with van der Waals surface area (Å²) in [4.78, 5) is 4.18. The van der Waals surface area contributed by atoms with E-state index in [9.17, 15) is 9.50 Å². The monoisotopic (exact) mass is 343 g/mol. The molecule has 0 saturated heterocycles. The van der Waals surface area contributed by atoms with Crippen molar-refractivity contribution in [2.45, 2.75) is 20.0 Å². The van der Waals surface area contributed by atoms with E-state index >= 15 is 0 Å². The van der Waals surface area contributed by atoms with Crippen molar-refractivity contribution in [3.05, 3.63) is 62.1 Å². The van der Waals surface area contributed by atoms with Crippen molar-refractivity contribution in [3.63, 3.8) is 0 Å². The van der Waals surface area contributed by atoms with E-state index < -0.39 is 11.9 Å². The molecule has 0 bridgehead atoms. The molecular weight excluding hydrogens is 333 g/mol. The number of aromatic nitrogens is 1. The lowest BCUT2D eigenvalue weighted by Crippen LogP contribution is -2.07. The van der Waals surface area contributed by atoms with Crippen LogP contribution in [-0.4, -0.2) is 10.1 Å². The van der Waals surface area contributed by atoms with Gasteiger partial charge in [0.15, 0.2) is 0 Å². The van der Waals surface area contributed by atoms with Gasteiger partial charge in [-0.3, -0.25) is 4.98 Å². The number of hydrogen-bond acceptors (Lipinski definition) is 2. The fourth-order valence-corrected chi connectivity index (χ4v) is 2.39. The van der Waals surface area contributed by atoms with Crippen LogP contribution in [0.3, 0.4) is 0 Å². The first-order chi connectivity index (χ1) is 8.91. The summed E-state index contributed by atoms with van der Waals surface area (Å²) in [6.45, 7) is 3.74. The Kier molecular flexibility index (Phi) is 4.23. The summed E-state index contributed by atoms with van der Waals surface area (Å²) in [6, 6.07) is 4.99. The van der Waals surface area contributed by atoms with E-state index in [2.05, 4.69) is 20.9 Å². The molecule has 0 fully saturated rings. The highest BCUT2D eigenvalue weighted by Crippen LogP contribution is 2.33. The third-order valence-electron chi connectivity index (χ3n) is 2.87. The predicted octanol–water partition coefficient (Wildman–Crippen LogP) is 4.34. The molecule has 1 unspecified atom stereocenters. The SMILES string of the molecule is Cc1cnc(C(O)c2ccc(Br)c(Cl)c2F)c(C)c1. The molecule has 2 nitrogen and oxygen atoms in total. The second-order valence-corrected chi connectivity index (χ2v) is 5.61. The highest BCUT2D eigenvalue weighted by atomic mass is 79.9. The maximum absolute atomic E-state index is 14.1. The van der Waals surface area contributed by atoms with Crippen molar-refractivity contribution in [3.8, 4) is 0 Å². The summed E-state index contributed by atoms with van der Waals surface area (Å²) >= 11 is 8.97. The Hall–Kier alpha value is -0.970. The Morgan fingerprint density at radius 2 is 2.05 bits per heavy atom. The van der Waals surface area contributed by atoms with Crippen LogP contribution in [0.2, 0.25) is 5.02 Å². The van der Waals surface area contributed by atoms with Gasteiger partial charge in [0.05, 0.1) is 10.7 Å². The summed E-state index contributed by atoms with van der Waals surface area (Å²) < 4.78 is 14.5. The molecule has 0 radical (unpaired) electrons. The summed E-state index contributed by atoms with van der Waals surface area (Å²) in [5, 5.41) is 10.2. The highest BCUT2D eigenvalue weighted by Gasteiger charge is 2.21. The Bertz CT molecular complexity index is 633. The normalized spacial score (nSPS) is 12.5. The zero-order valence-corrected chi connectivity index (χ0v) is 12.8. The molecule has 0 amide bonds. The number of rotatable bonds is 2. The predicted molar refractivity (Wildman–Crippen MR) is 76.9 cm³/mol. The highest BCUT2D eigenvalue weighted by molar-refractivity contribution is 9.10. The maximum atomic E-state index is 14.1. The zero-order chi connectivity index (χ0) is 14.2. The third-order valence-corrected chi connectivity index (χ3v) is 4.13. The van der Waals surface area contributed by atoms with Crippen LogP contribution in [-0.2, 0) is 0 Å². The number of benzene rings is 1. The van der Waals surface area contributed by atoms with E-state index in [1.54, 1.807) is 12.3 Å². The van der Waals surface area contributed by atoms with E-state index in [0.29, 0.717) is 10.2 Å². The molecule has 0 spiro atoms. The minimum atomic E-state index is -1.13. The van der Waals surface area contributed by atoms with E-state index in [4.69, 9.17) is 11.6 Å². The Morgan fingerprint density at radius 3 is 2.68 bits per heavy atom. The molecule has 2 rings (SSSR count). The van der Waals surface area contributed by atoms with Crippen molar-refractivity contribution in [1.29, 1.82) is 0 Å². The first-order valence-electron chi connectivity index (χ1n) is 5.66. The fourth-order valence-electron chi connectivity index (χ4n) is 1.91. The average molecular weight is 345 g/mol. The van der Waals surface area contributed by atoms with Crippen LogP contribution in [0.5, 0.6) is 0 Å². The summed E-state index contributed by atoms with van der Waals surface area (Å²) in [7, 11) is 0. The van der Waals surface area contributed by atoms with Gasteiger partial charge in [-0.2, -0.15) is 0 Å². The van der Waals surface area contributed by atoms with Crippen LogP contribution in [0.1, 0.15) is 28.5 Å². The Labute approximate surface area is 124 Å². The lowest BCUT2D eigenvalue weighted by molar-refractivity contribution is 0.209. The van der Waals surface area contributed by atoms with Gasteiger partial charge in [-0.25, -0.2) is 4.39 Å². The minimum Gasteiger partial charge on any atom is -0.382 e. The van der Waals surface area contributed by atoms with Crippen molar-refractivity contribution < 1.29 is 9.50 Å². The molecule has 2 aromatic rings. The second kappa shape index (κ2) is 5.57.